The predicted octanol–water partition coefficient (Wildman–Crippen LogP) is 5.18. The lowest BCUT2D eigenvalue weighted by atomic mass is 10.1. The second kappa shape index (κ2) is 5.42. The highest BCUT2D eigenvalue weighted by Gasteiger charge is 2.09. The summed E-state index contributed by atoms with van der Waals surface area (Å²) in [7, 11) is 0. The van der Waals surface area contributed by atoms with Crippen LogP contribution in [0.5, 0.6) is 0 Å². The number of furan rings is 1. The fourth-order valence-corrected chi connectivity index (χ4v) is 2.14. The van der Waals surface area contributed by atoms with Crippen molar-refractivity contribution < 1.29 is 9.34 Å². The van der Waals surface area contributed by atoms with E-state index in [1.54, 1.807) is 24.3 Å². The van der Waals surface area contributed by atoms with Gasteiger partial charge < -0.3 is 4.42 Å². The summed E-state index contributed by atoms with van der Waals surface area (Å²) in [5.74, 6) is 1.38. The zero-order valence-electron chi connectivity index (χ0n) is 10.8. The molecule has 5 heteroatoms. The molecule has 0 atom stereocenters. The average Bonchev–Trinajstić information content (AvgIpc) is 2.98. The molecule has 3 aromatic rings. The fraction of sp³-hybridized carbons (Fsp3) is 0. The minimum absolute atomic E-state index is 0.0585. The second-order valence-electron chi connectivity index (χ2n) is 4.47. The van der Waals surface area contributed by atoms with Crippen molar-refractivity contribution in [2.75, 3.05) is 0 Å². The fourth-order valence-electron chi connectivity index (χ4n) is 2.01. The van der Waals surface area contributed by atoms with Crippen molar-refractivity contribution >= 4 is 17.3 Å². The molecule has 0 saturated carbocycles. The van der Waals surface area contributed by atoms with E-state index in [4.69, 9.17) is 16.0 Å². The topological polar surface area (TPSA) is 56.3 Å². The van der Waals surface area contributed by atoms with Gasteiger partial charge in [0.2, 0.25) is 0 Å². The molecule has 0 amide bonds. The molecule has 0 spiro atoms. The van der Waals surface area contributed by atoms with Crippen molar-refractivity contribution in [2.24, 2.45) is 0 Å². The standard InChI is InChI=1S/C16H10ClNO3/c17-13-5-1-11(2-6-13)15-9-10-16(21-15)12-3-7-14(8-4-12)18(19)20/h1-10H. The van der Waals surface area contributed by atoms with Gasteiger partial charge in [0.15, 0.2) is 0 Å². The number of halogens is 1. The maximum Gasteiger partial charge on any atom is 0.269 e. The molecule has 104 valence electrons. The Morgan fingerprint density at radius 2 is 1.29 bits per heavy atom. The third kappa shape index (κ3) is 2.80. The number of rotatable bonds is 3. The van der Waals surface area contributed by atoms with E-state index in [-0.39, 0.29) is 5.69 Å². The maximum atomic E-state index is 10.6. The first kappa shape index (κ1) is 13.4. The Balaban J connectivity index is 1.90. The van der Waals surface area contributed by atoms with Gasteiger partial charge in [-0.1, -0.05) is 11.6 Å². The molecule has 0 fully saturated rings. The quantitative estimate of drug-likeness (QED) is 0.495. The van der Waals surface area contributed by atoms with Gasteiger partial charge >= 0.3 is 0 Å². The van der Waals surface area contributed by atoms with Crippen LogP contribution >= 0.6 is 11.6 Å². The molecule has 0 aliphatic heterocycles. The Labute approximate surface area is 125 Å². The summed E-state index contributed by atoms with van der Waals surface area (Å²) in [5.41, 5.74) is 1.77. The van der Waals surface area contributed by atoms with Crippen molar-refractivity contribution in [3.8, 4) is 22.6 Å². The predicted molar refractivity (Wildman–Crippen MR) is 81.2 cm³/mol. The van der Waals surface area contributed by atoms with E-state index in [1.165, 1.54) is 12.1 Å². The number of benzene rings is 2. The number of non-ortho nitro benzene ring substituents is 1. The molecule has 0 bridgehead atoms. The Kier molecular flexibility index (Phi) is 3.46. The minimum atomic E-state index is -0.426. The smallest absolute Gasteiger partial charge is 0.269 e. The molecule has 1 aromatic heterocycles. The molecule has 4 nitrogen and oxygen atoms in total. The Hall–Kier alpha value is -2.59. The molecule has 1 heterocycles. The largest absolute Gasteiger partial charge is 0.456 e. The van der Waals surface area contributed by atoms with Crippen LogP contribution in [0.4, 0.5) is 5.69 Å². The normalized spacial score (nSPS) is 10.5. The highest BCUT2D eigenvalue weighted by Crippen LogP contribution is 2.30. The third-order valence-electron chi connectivity index (χ3n) is 3.10. The lowest BCUT2D eigenvalue weighted by molar-refractivity contribution is -0.384. The van der Waals surface area contributed by atoms with Gasteiger partial charge in [-0.25, -0.2) is 0 Å². The average molecular weight is 300 g/mol. The molecule has 0 saturated heterocycles. The van der Waals surface area contributed by atoms with Gasteiger partial charge in [-0.15, -0.1) is 0 Å². The summed E-state index contributed by atoms with van der Waals surface area (Å²) < 4.78 is 5.78. The van der Waals surface area contributed by atoms with Crippen molar-refractivity contribution in [1.82, 2.24) is 0 Å². The van der Waals surface area contributed by atoms with E-state index >= 15 is 0 Å². The molecule has 3 rings (SSSR count). The zero-order valence-corrected chi connectivity index (χ0v) is 11.6. The van der Waals surface area contributed by atoms with E-state index in [9.17, 15) is 10.1 Å². The molecule has 0 N–H and O–H groups in total. The zero-order chi connectivity index (χ0) is 14.8. The van der Waals surface area contributed by atoms with Crippen LogP contribution in [0.15, 0.2) is 65.1 Å². The molecule has 0 aliphatic rings. The minimum Gasteiger partial charge on any atom is -0.456 e. The number of hydrogen-bond donors (Lipinski definition) is 0. The van der Waals surface area contributed by atoms with Crippen LogP contribution in [-0.4, -0.2) is 4.92 Å². The van der Waals surface area contributed by atoms with E-state index in [2.05, 4.69) is 0 Å². The van der Waals surface area contributed by atoms with Crippen LogP contribution in [0.25, 0.3) is 22.6 Å². The van der Waals surface area contributed by atoms with Crippen molar-refractivity contribution in [1.29, 1.82) is 0 Å². The van der Waals surface area contributed by atoms with Gasteiger partial charge in [-0.3, -0.25) is 10.1 Å². The monoisotopic (exact) mass is 299 g/mol. The van der Waals surface area contributed by atoms with Crippen molar-refractivity contribution in [2.45, 2.75) is 0 Å². The van der Waals surface area contributed by atoms with Crippen molar-refractivity contribution in [3.05, 3.63) is 75.8 Å². The Morgan fingerprint density at radius 3 is 1.76 bits per heavy atom. The summed E-state index contributed by atoms with van der Waals surface area (Å²) in [5, 5.41) is 11.3. The van der Waals surface area contributed by atoms with E-state index in [1.807, 2.05) is 24.3 Å². The number of nitro benzene ring substituents is 1. The summed E-state index contributed by atoms with van der Waals surface area (Å²) >= 11 is 5.85. The second-order valence-corrected chi connectivity index (χ2v) is 4.91. The van der Waals surface area contributed by atoms with Crippen molar-refractivity contribution in [3.63, 3.8) is 0 Å². The van der Waals surface area contributed by atoms with Gasteiger partial charge in [0.1, 0.15) is 11.5 Å². The first-order chi connectivity index (χ1) is 10.1. The van der Waals surface area contributed by atoms with Gasteiger partial charge in [0.05, 0.1) is 4.92 Å². The molecule has 21 heavy (non-hydrogen) atoms. The molecular formula is C16H10ClNO3. The van der Waals surface area contributed by atoms with Crippen LogP contribution in [0.2, 0.25) is 5.02 Å². The van der Waals surface area contributed by atoms with Crippen LogP contribution < -0.4 is 0 Å². The highest BCUT2D eigenvalue weighted by molar-refractivity contribution is 6.30. The Morgan fingerprint density at radius 1 is 0.810 bits per heavy atom. The molecule has 0 aliphatic carbocycles. The SMILES string of the molecule is O=[N+]([O-])c1ccc(-c2ccc(-c3ccc(Cl)cc3)o2)cc1. The lowest BCUT2D eigenvalue weighted by Gasteiger charge is -1.99. The van der Waals surface area contributed by atoms with Crippen LogP contribution in [0.3, 0.4) is 0 Å². The maximum absolute atomic E-state index is 10.6. The number of nitrogens with zero attached hydrogens (tertiary/aromatic N) is 1. The van der Waals surface area contributed by atoms with E-state index < -0.39 is 4.92 Å². The molecule has 2 aromatic carbocycles. The summed E-state index contributed by atoms with van der Waals surface area (Å²) in [6.07, 6.45) is 0. The number of nitro groups is 1. The van der Waals surface area contributed by atoms with Gasteiger partial charge in [-0.05, 0) is 48.5 Å². The van der Waals surface area contributed by atoms with Gasteiger partial charge in [0, 0.05) is 28.3 Å². The first-order valence-corrected chi connectivity index (χ1v) is 6.62. The van der Waals surface area contributed by atoms with E-state index in [0.717, 1.165) is 16.9 Å². The lowest BCUT2D eigenvalue weighted by Crippen LogP contribution is -1.86. The molecular weight excluding hydrogens is 290 g/mol. The summed E-state index contributed by atoms with van der Waals surface area (Å²) in [6, 6.07) is 17.3. The molecule has 0 unspecified atom stereocenters. The van der Waals surface area contributed by atoms with Gasteiger partial charge in [0.25, 0.3) is 5.69 Å². The third-order valence-corrected chi connectivity index (χ3v) is 3.35. The highest BCUT2D eigenvalue weighted by atomic mass is 35.5. The van der Waals surface area contributed by atoms with Crippen LogP contribution in [0, 0.1) is 10.1 Å². The van der Waals surface area contributed by atoms with E-state index in [0.29, 0.717) is 10.8 Å². The number of hydrogen-bond acceptors (Lipinski definition) is 3. The molecule has 0 radical (unpaired) electrons. The first-order valence-electron chi connectivity index (χ1n) is 6.24. The summed E-state index contributed by atoms with van der Waals surface area (Å²) in [6.45, 7) is 0. The van der Waals surface area contributed by atoms with Crippen LogP contribution in [0.1, 0.15) is 0 Å². The van der Waals surface area contributed by atoms with Gasteiger partial charge in [-0.2, -0.15) is 0 Å². The Bertz CT molecular complexity index is 776. The summed E-state index contributed by atoms with van der Waals surface area (Å²) in [4.78, 5) is 10.2. The van der Waals surface area contributed by atoms with Crippen LogP contribution in [-0.2, 0) is 0 Å².